The van der Waals surface area contributed by atoms with Crippen LogP contribution in [-0.4, -0.2) is 39.6 Å². The maximum atomic E-state index is 13.4. The summed E-state index contributed by atoms with van der Waals surface area (Å²) >= 11 is 0. The highest BCUT2D eigenvalue weighted by Gasteiger charge is 2.40. The Morgan fingerprint density at radius 2 is 1.61 bits per heavy atom. The normalized spacial score (nSPS) is 18.2. The lowest BCUT2D eigenvalue weighted by Gasteiger charge is -2.38. The van der Waals surface area contributed by atoms with E-state index in [4.69, 9.17) is 18.9 Å². The predicted octanol–water partition coefficient (Wildman–Crippen LogP) is 4.64. The summed E-state index contributed by atoms with van der Waals surface area (Å²) in [6.07, 6.45) is 2.04. The molecule has 33 heavy (non-hydrogen) atoms. The Hall–Kier alpha value is -3.48. The van der Waals surface area contributed by atoms with Gasteiger partial charge < -0.3 is 18.9 Å². The molecule has 2 aliphatic rings. The number of carbonyl (C=O) groups is 2. The average molecular weight is 452 g/mol. The van der Waals surface area contributed by atoms with Gasteiger partial charge in [-0.25, -0.2) is 0 Å². The Morgan fingerprint density at radius 3 is 2.18 bits per heavy atom. The van der Waals surface area contributed by atoms with E-state index in [1.54, 1.807) is 26.2 Å². The number of hydrogen-bond donors (Lipinski definition) is 0. The summed E-state index contributed by atoms with van der Waals surface area (Å²) in [7, 11) is 4.65. The summed E-state index contributed by atoms with van der Waals surface area (Å²) in [5.41, 5.74) is 3.02. The molecule has 7 heteroatoms. The van der Waals surface area contributed by atoms with Gasteiger partial charge >= 0.3 is 0 Å². The maximum absolute atomic E-state index is 13.4. The third-order valence-electron chi connectivity index (χ3n) is 6.17. The molecule has 4 rings (SSSR count). The second-order valence-electron chi connectivity index (χ2n) is 8.01. The van der Waals surface area contributed by atoms with E-state index < -0.39 is 0 Å². The number of rotatable bonds is 7. The number of amides is 1. The van der Waals surface area contributed by atoms with E-state index in [1.807, 2.05) is 43.3 Å². The molecule has 1 aliphatic heterocycles. The van der Waals surface area contributed by atoms with Gasteiger partial charge in [0.2, 0.25) is 11.7 Å². The van der Waals surface area contributed by atoms with E-state index in [1.165, 1.54) is 0 Å². The van der Waals surface area contributed by atoms with Crippen molar-refractivity contribution in [2.75, 3.05) is 32.8 Å². The van der Waals surface area contributed by atoms with E-state index in [-0.39, 0.29) is 24.0 Å². The van der Waals surface area contributed by atoms with Crippen molar-refractivity contribution in [1.82, 2.24) is 0 Å². The Bertz CT molecular complexity index is 1060. The minimum Gasteiger partial charge on any atom is -0.494 e. The first kappa shape index (κ1) is 22.7. The number of ketones is 1. The highest BCUT2D eigenvalue weighted by atomic mass is 16.5. The summed E-state index contributed by atoms with van der Waals surface area (Å²) in [6, 6.07) is 11.1. The summed E-state index contributed by atoms with van der Waals surface area (Å²) in [6.45, 7) is 2.50. The molecule has 0 saturated heterocycles. The van der Waals surface area contributed by atoms with Crippen LogP contribution < -0.4 is 23.8 Å². The van der Waals surface area contributed by atoms with E-state index in [0.717, 1.165) is 29.1 Å². The first-order chi connectivity index (χ1) is 16.0. The number of benzene rings is 2. The lowest BCUT2D eigenvalue weighted by atomic mass is 9.77. The fourth-order valence-electron chi connectivity index (χ4n) is 4.74. The summed E-state index contributed by atoms with van der Waals surface area (Å²) in [5.74, 6) is 1.89. The lowest BCUT2D eigenvalue weighted by Crippen LogP contribution is -2.40. The van der Waals surface area contributed by atoms with Crippen molar-refractivity contribution in [3.8, 4) is 23.0 Å². The fourth-order valence-corrected chi connectivity index (χ4v) is 4.74. The van der Waals surface area contributed by atoms with Crippen molar-refractivity contribution in [2.24, 2.45) is 0 Å². The number of nitrogens with zero attached hydrogens (tertiary/aromatic N) is 1. The van der Waals surface area contributed by atoms with Gasteiger partial charge in [0.1, 0.15) is 5.75 Å². The smallest absolute Gasteiger partial charge is 0.232 e. The Kier molecular flexibility index (Phi) is 6.58. The van der Waals surface area contributed by atoms with E-state index in [0.29, 0.717) is 42.3 Å². The number of Topliss-reactive ketones (excluding diaryl/α,β-unsaturated/α-hetero) is 1. The largest absolute Gasteiger partial charge is 0.494 e. The Morgan fingerprint density at radius 1 is 0.939 bits per heavy atom. The quantitative estimate of drug-likeness (QED) is 0.611. The van der Waals surface area contributed by atoms with Gasteiger partial charge in [-0.2, -0.15) is 0 Å². The van der Waals surface area contributed by atoms with Gasteiger partial charge in [0.05, 0.1) is 27.9 Å². The Balaban J connectivity index is 1.82. The number of allylic oxidation sites excluding steroid dienone is 2. The van der Waals surface area contributed by atoms with Gasteiger partial charge in [-0.3, -0.25) is 14.5 Å². The van der Waals surface area contributed by atoms with Crippen LogP contribution in [0.25, 0.3) is 0 Å². The number of hydrogen-bond acceptors (Lipinski definition) is 6. The minimum absolute atomic E-state index is 0.0497. The van der Waals surface area contributed by atoms with Crippen molar-refractivity contribution >= 4 is 17.4 Å². The van der Waals surface area contributed by atoms with Crippen LogP contribution in [0.4, 0.5) is 5.69 Å². The molecular formula is C26H29NO6. The van der Waals surface area contributed by atoms with Crippen LogP contribution in [0.1, 0.15) is 44.1 Å². The zero-order chi connectivity index (χ0) is 23.5. The van der Waals surface area contributed by atoms with Crippen LogP contribution >= 0.6 is 0 Å². The van der Waals surface area contributed by atoms with E-state index >= 15 is 0 Å². The van der Waals surface area contributed by atoms with Crippen molar-refractivity contribution in [3.05, 3.63) is 53.2 Å². The zero-order valence-electron chi connectivity index (χ0n) is 19.5. The van der Waals surface area contributed by atoms with E-state index in [2.05, 4.69) is 0 Å². The second-order valence-corrected chi connectivity index (χ2v) is 8.01. The fraction of sp³-hybridized carbons (Fsp3) is 0.385. The molecule has 2 aromatic carbocycles. The van der Waals surface area contributed by atoms with Gasteiger partial charge in [0.15, 0.2) is 17.3 Å². The van der Waals surface area contributed by atoms with Crippen molar-refractivity contribution in [3.63, 3.8) is 0 Å². The SMILES string of the molecule is CCOc1ccc(N2C(=O)CC(c3cc(OC)c(OC)c(OC)c3)C3=C2CCCC3=O)cc1. The molecule has 0 bridgehead atoms. The van der Waals surface area contributed by atoms with Crippen LogP contribution in [0, 0.1) is 0 Å². The molecule has 0 N–H and O–H groups in total. The topological polar surface area (TPSA) is 74.3 Å². The number of methoxy groups -OCH3 is 3. The molecule has 7 nitrogen and oxygen atoms in total. The van der Waals surface area contributed by atoms with Gasteiger partial charge in [-0.05, 0) is 61.7 Å². The monoisotopic (exact) mass is 451 g/mol. The molecule has 0 radical (unpaired) electrons. The van der Waals surface area contributed by atoms with Gasteiger partial charge in [-0.15, -0.1) is 0 Å². The molecule has 1 heterocycles. The molecule has 1 atom stereocenters. The standard InChI is InChI=1S/C26H29NO6/c1-5-33-18-11-9-17(10-12-18)27-20-7-6-8-21(28)25(20)19(15-24(27)29)16-13-22(30-2)26(32-4)23(14-16)31-3/h9-14,19H,5-8,15H2,1-4H3. The summed E-state index contributed by atoms with van der Waals surface area (Å²) in [4.78, 5) is 28.3. The third-order valence-corrected chi connectivity index (χ3v) is 6.17. The van der Waals surface area contributed by atoms with Gasteiger partial charge in [0, 0.05) is 35.7 Å². The van der Waals surface area contributed by atoms with Crippen LogP contribution in [0.3, 0.4) is 0 Å². The van der Waals surface area contributed by atoms with E-state index in [9.17, 15) is 9.59 Å². The van der Waals surface area contributed by atoms with Crippen molar-refractivity contribution in [1.29, 1.82) is 0 Å². The zero-order valence-corrected chi connectivity index (χ0v) is 19.5. The molecule has 174 valence electrons. The molecular weight excluding hydrogens is 422 g/mol. The number of carbonyl (C=O) groups excluding carboxylic acids is 2. The van der Waals surface area contributed by atoms with Crippen LogP contribution in [0.5, 0.6) is 23.0 Å². The molecule has 0 aromatic heterocycles. The van der Waals surface area contributed by atoms with Gasteiger partial charge in [-0.1, -0.05) is 0 Å². The highest BCUT2D eigenvalue weighted by Crippen LogP contribution is 2.47. The maximum Gasteiger partial charge on any atom is 0.232 e. The third kappa shape index (κ3) is 4.15. The highest BCUT2D eigenvalue weighted by molar-refractivity contribution is 6.07. The first-order valence-corrected chi connectivity index (χ1v) is 11.1. The second kappa shape index (κ2) is 9.57. The molecule has 0 saturated carbocycles. The summed E-state index contributed by atoms with van der Waals surface area (Å²) < 4.78 is 22.0. The Labute approximate surface area is 193 Å². The molecule has 0 fully saturated rings. The molecule has 0 spiro atoms. The average Bonchev–Trinajstić information content (AvgIpc) is 2.83. The molecule has 1 aliphatic carbocycles. The van der Waals surface area contributed by atoms with Crippen LogP contribution in [0.2, 0.25) is 0 Å². The number of ether oxygens (including phenoxy) is 4. The molecule has 1 unspecified atom stereocenters. The lowest BCUT2D eigenvalue weighted by molar-refractivity contribution is -0.119. The van der Waals surface area contributed by atoms with Crippen molar-refractivity contribution < 1.29 is 28.5 Å². The van der Waals surface area contributed by atoms with Gasteiger partial charge in [0.25, 0.3) is 0 Å². The van der Waals surface area contributed by atoms with Crippen LogP contribution in [-0.2, 0) is 9.59 Å². The predicted molar refractivity (Wildman–Crippen MR) is 124 cm³/mol. The summed E-state index contributed by atoms with van der Waals surface area (Å²) in [5, 5.41) is 0. The van der Waals surface area contributed by atoms with Crippen LogP contribution in [0.15, 0.2) is 47.7 Å². The number of anilines is 1. The first-order valence-electron chi connectivity index (χ1n) is 11.1. The molecule has 2 aromatic rings. The van der Waals surface area contributed by atoms with Crippen molar-refractivity contribution in [2.45, 2.75) is 38.5 Å². The minimum atomic E-state index is -0.368. The molecule has 1 amide bonds.